The van der Waals surface area contributed by atoms with Crippen LogP contribution in [0.2, 0.25) is 11.1 Å². The molecule has 0 radical (unpaired) electrons. The maximum absolute atomic E-state index is 6.87. The molecule has 0 aliphatic carbocycles. The zero-order valence-electron chi connectivity index (χ0n) is 13.3. The molecule has 1 aliphatic heterocycles. The van der Waals surface area contributed by atoms with E-state index < -0.39 is 8.32 Å². The van der Waals surface area contributed by atoms with Crippen molar-refractivity contribution in [1.29, 1.82) is 0 Å². The van der Waals surface area contributed by atoms with Crippen LogP contribution in [0.3, 0.4) is 0 Å². The monoisotopic (exact) mass is 296 g/mol. The van der Waals surface area contributed by atoms with Crippen molar-refractivity contribution < 1.29 is 4.43 Å². The zero-order valence-corrected chi connectivity index (χ0v) is 14.3. The molecule has 1 atom stereocenters. The molecule has 2 aromatic carbocycles. The molecule has 0 N–H and O–H groups in total. The van der Waals surface area contributed by atoms with Gasteiger partial charge in [-0.3, -0.25) is 0 Å². The van der Waals surface area contributed by atoms with E-state index in [1.54, 1.807) is 0 Å². The van der Waals surface area contributed by atoms with Crippen LogP contribution >= 0.6 is 0 Å². The van der Waals surface area contributed by atoms with Crippen LogP contribution in [-0.4, -0.2) is 8.32 Å². The van der Waals surface area contributed by atoms with Crippen molar-refractivity contribution in [2.75, 3.05) is 0 Å². The molecular weight excluding hydrogens is 272 g/mol. The van der Waals surface area contributed by atoms with Gasteiger partial charge in [-0.25, -0.2) is 0 Å². The van der Waals surface area contributed by atoms with Gasteiger partial charge in [-0.1, -0.05) is 82.3 Å². The van der Waals surface area contributed by atoms with E-state index >= 15 is 0 Å². The van der Waals surface area contributed by atoms with Gasteiger partial charge in [0.1, 0.15) is 0 Å². The molecule has 0 aromatic heterocycles. The standard InChI is InChI=1S/C19H24OSi/c1-14(2)21(15(3)4)18-13-9-8-12-17(18)19(20-21)16-10-6-5-7-11-16/h5-15,19H,1-4H3. The second-order valence-corrected chi connectivity index (χ2v) is 11.3. The van der Waals surface area contributed by atoms with Crippen LogP contribution < -0.4 is 5.19 Å². The van der Waals surface area contributed by atoms with Gasteiger partial charge in [-0.05, 0) is 27.4 Å². The first-order valence-corrected chi connectivity index (χ1v) is 9.95. The van der Waals surface area contributed by atoms with E-state index in [1.807, 2.05) is 0 Å². The zero-order chi connectivity index (χ0) is 15.0. The Morgan fingerprint density at radius 1 is 0.810 bits per heavy atom. The molecular formula is C19H24OSi. The lowest BCUT2D eigenvalue weighted by molar-refractivity contribution is 0.243. The largest absolute Gasteiger partial charge is 0.401 e. The quantitative estimate of drug-likeness (QED) is 0.741. The summed E-state index contributed by atoms with van der Waals surface area (Å²) in [6.45, 7) is 9.32. The molecule has 0 fully saturated rings. The maximum Gasteiger partial charge on any atom is 0.230 e. The summed E-state index contributed by atoms with van der Waals surface area (Å²) in [6.07, 6.45) is 0.110. The number of benzene rings is 2. The van der Waals surface area contributed by atoms with E-state index in [-0.39, 0.29) is 6.10 Å². The summed E-state index contributed by atoms with van der Waals surface area (Å²) in [6, 6.07) is 19.5. The second kappa shape index (κ2) is 5.43. The molecule has 2 aromatic rings. The van der Waals surface area contributed by atoms with Crippen LogP contribution in [0.1, 0.15) is 44.9 Å². The molecule has 0 saturated carbocycles. The maximum atomic E-state index is 6.87. The fourth-order valence-electron chi connectivity index (χ4n) is 3.84. The highest BCUT2D eigenvalue weighted by Gasteiger charge is 2.52. The Labute approximate surface area is 129 Å². The van der Waals surface area contributed by atoms with Crippen LogP contribution in [0.25, 0.3) is 0 Å². The minimum absolute atomic E-state index is 0.110. The second-order valence-electron chi connectivity index (χ2n) is 6.60. The molecule has 1 heterocycles. The Morgan fingerprint density at radius 2 is 1.38 bits per heavy atom. The molecule has 0 spiro atoms. The van der Waals surface area contributed by atoms with Gasteiger partial charge in [0.15, 0.2) is 0 Å². The molecule has 21 heavy (non-hydrogen) atoms. The lowest BCUT2D eigenvalue weighted by Crippen LogP contribution is -2.52. The van der Waals surface area contributed by atoms with Crippen molar-refractivity contribution in [1.82, 2.24) is 0 Å². The van der Waals surface area contributed by atoms with Gasteiger partial charge in [0.05, 0.1) is 6.10 Å². The van der Waals surface area contributed by atoms with E-state index in [0.717, 1.165) is 0 Å². The van der Waals surface area contributed by atoms with E-state index in [0.29, 0.717) is 11.1 Å². The fraction of sp³-hybridized carbons (Fsp3) is 0.368. The first-order chi connectivity index (χ1) is 10.1. The first-order valence-electron chi connectivity index (χ1n) is 7.89. The van der Waals surface area contributed by atoms with Gasteiger partial charge in [0.2, 0.25) is 8.32 Å². The molecule has 0 bridgehead atoms. The number of hydrogen-bond donors (Lipinski definition) is 0. The van der Waals surface area contributed by atoms with Gasteiger partial charge in [-0.15, -0.1) is 0 Å². The van der Waals surface area contributed by atoms with Crippen LogP contribution in [-0.2, 0) is 4.43 Å². The Balaban J connectivity index is 2.17. The van der Waals surface area contributed by atoms with Gasteiger partial charge >= 0.3 is 0 Å². The number of fused-ring (bicyclic) bond motifs is 1. The molecule has 0 saturated heterocycles. The van der Waals surface area contributed by atoms with Gasteiger partial charge < -0.3 is 4.43 Å². The smallest absolute Gasteiger partial charge is 0.230 e. The summed E-state index contributed by atoms with van der Waals surface area (Å²) in [7, 11) is -1.95. The van der Waals surface area contributed by atoms with Crippen LogP contribution in [0.4, 0.5) is 0 Å². The predicted octanol–water partition coefficient (Wildman–Crippen LogP) is 4.78. The Bertz CT molecular complexity index is 610. The Morgan fingerprint density at radius 3 is 2.00 bits per heavy atom. The van der Waals surface area contributed by atoms with E-state index in [1.165, 1.54) is 16.3 Å². The molecule has 2 heteroatoms. The highest BCUT2D eigenvalue weighted by atomic mass is 28.4. The molecule has 110 valence electrons. The van der Waals surface area contributed by atoms with Crippen LogP contribution in [0, 0.1) is 0 Å². The normalized spacial score (nSPS) is 20.0. The average Bonchev–Trinajstić information content (AvgIpc) is 2.85. The van der Waals surface area contributed by atoms with Crippen molar-refractivity contribution in [2.45, 2.75) is 44.9 Å². The van der Waals surface area contributed by atoms with Gasteiger partial charge in [0, 0.05) is 0 Å². The SMILES string of the molecule is CC(C)[Si]1(C(C)C)OC(c2ccccc2)c2ccccc21. The highest BCUT2D eigenvalue weighted by Crippen LogP contribution is 2.45. The summed E-state index contributed by atoms with van der Waals surface area (Å²) < 4.78 is 6.87. The van der Waals surface area contributed by atoms with Crippen molar-refractivity contribution in [2.24, 2.45) is 0 Å². The Hall–Kier alpha value is -1.38. The molecule has 0 amide bonds. The molecule has 1 nitrogen and oxygen atoms in total. The fourth-order valence-corrected chi connectivity index (χ4v) is 8.76. The first kappa shape index (κ1) is 14.5. The molecule has 1 aliphatic rings. The summed E-state index contributed by atoms with van der Waals surface area (Å²) in [5.74, 6) is 0. The van der Waals surface area contributed by atoms with Crippen molar-refractivity contribution in [3.8, 4) is 0 Å². The third-order valence-electron chi connectivity index (χ3n) is 4.79. The summed E-state index contributed by atoms with van der Waals surface area (Å²) >= 11 is 0. The number of rotatable bonds is 3. The van der Waals surface area contributed by atoms with Crippen molar-refractivity contribution >= 4 is 13.5 Å². The average molecular weight is 296 g/mol. The van der Waals surface area contributed by atoms with Crippen LogP contribution in [0.15, 0.2) is 54.6 Å². The Kier molecular flexibility index (Phi) is 3.76. The van der Waals surface area contributed by atoms with Gasteiger partial charge in [0.25, 0.3) is 0 Å². The minimum atomic E-state index is -1.95. The van der Waals surface area contributed by atoms with Gasteiger partial charge in [-0.2, -0.15) is 0 Å². The third-order valence-corrected chi connectivity index (χ3v) is 10.1. The third kappa shape index (κ3) is 2.17. The van der Waals surface area contributed by atoms with Crippen molar-refractivity contribution in [3.05, 3.63) is 65.7 Å². The lowest BCUT2D eigenvalue weighted by Gasteiger charge is -2.35. The summed E-state index contributed by atoms with van der Waals surface area (Å²) in [5.41, 5.74) is 3.82. The molecule has 1 unspecified atom stereocenters. The van der Waals surface area contributed by atoms with E-state index in [4.69, 9.17) is 4.43 Å². The minimum Gasteiger partial charge on any atom is -0.401 e. The van der Waals surface area contributed by atoms with Crippen molar-refractivity contribution in [3.63, 3.8) is 0 Å². The highest BCUT2D eigenvalue weighted by molar-refractivity contribution is 6.90. The van der Waals surface area contributed by atoms with E-state index in [9.17, 15) is 0 Å². The van der Waals surface area contributed by atoms with Crippen LogP contribution in [0.5, 0.6) is 0 Å². The summed E-state index contributed by atoms with van der Waals surface area (Å²) in [5, 5.41) is 1.50. The molecule has 3 rings (SSSR count). The summed E-state index contributed by atoms with van der Waals surface area (Å²) in [4.78, 5) is 0. The van der Waals surface area contributed by atoms with E-state index in [2.05, 4.69) is 82.3 Å². The number of hydrogen-bond acceptors (Lipinski definition) is 1. The predicted molar refractivity (Wildman–Crippen MR) is 91.4 cm³/mol. The topological polar surface area (TPSA) is 9.23 Å². The lowest BCUT2D eigenvalue weighted by atomic mass is 10.0.